The van der Waals surface area contributed by atoms with Crippen molar-refractivity contribution in [2.45, 2.75) is 0 Å². The van der Waals surface area contributed by atoms with E-state index in [4.69, 9.17) is 11.1 Å². The third-order valence-electron chi connectivity index (χ3n) is 2.57. The van der Waals surface area contributed by atoms with Crippen LogP contribution in [0.5, 0.6) is 0 Å². The minimum atomic E-state index is 0.0827. The van der Waals surface area contributed by atoms with Crippen molar-refractivity contribution in [3.05, 3.63) is 28.2 Å². The molecular formula is C12H19BrN4. The molecule has 5 heteroatoms. The molecule has 0 aliphatic heterocycles. The number of nitrogens with zero attached hydrogens (tertiary/aromatic N) is 2. The first kappa shape index (κ1) is 14.0. The van der Waals surface area contributed by atoms with Gasteiger partial charge in [-0.3, -0.25) is 5.41 Å². The van der Waals surface area contributed by atoms with Crippen LogP contribution >= 0.6 is 15.9 Å². The highest BCUT2D eigenvalue weighted by Crippen LogP contribution is 2.23. The molecule has 0 radical (unpaired) electrons. The number of hydrogen-bond donors (Lipinski definition) is 2. The van der Waals surface area contributed by atoms with Crippen LogP contribution in [0.1, 0.15) is 5.56 Å². The lowest BCUT2D eigenvalue weighted by Gasteiger charge is -2.22. The van der Waals surface area contributed by atoms with Crippen molar-refractivity contribution in [3.8, 4) is 0 Å². The van der Waals surface area contributed by atoms with Crippen LogP contribution in [-0.2, 0) is 0 Å². The molecule has 4 nitrogen and oxygen atoms in total. The molecule has 1 aromatic rings. The van der Waals surface area contributed by atoms with Crippen LogP contribution in [0.4, 0.5) is 5.69 Å². The summed E-state index contributed by atoms with van der Waals surface area (Å²) in [6.07, 6.45) is 0. The van der Waals surface area contributed by atoms with Crippen molar-refractivity contribution in [2.75, 3.05) is 39.1 Å². The molecule has 0 spiro atoms. The summed E-state index contributed by atoms with van der Waals surface area (Å²) >= 11 is 3.44. The van der Waals surface area contributed by atoms with Gasteiger partial charge in [0.05, 0.1) is 0 Å². The van der Waals surface area contributed by atoms with Crippen molar-refractivity contribution < 1.29 is 0 Å². The molecule has 1 aromatic carbocycles. The first-order valence-corrected chi connectivity index (χ1v) is 6.21. The normalized spacial score (nSPS) is 10.6. The van der Waals surface area contributed by atoms with Crippen molar-refractivity contribution in [3.63, 3.8) is 0 Å². The van der Waals surface area contributed by atoms with Gasteiger partial charge in [-0.05, 0) is 48.2 Å². The molecule has 0 aromatic heterocycles. The van der Waals surface area contributed by atoms with Gasteiger partial charge in [-0.25, -0.2) is 0 Å². The van der Waals surface area contributed by atoms with Gasteiger partial charge in [-0.15, -0.1) is 0 Å². The van der Waals surface area contributed by atoms with Gasteiger partial charge in [0.2, 0.25) is 0 Å². The summed E-state index contributed by atoms with van der Waals surface area (Å²) in [6, 6.07) is 5.84. The molecule has 0 amide bonds. The van der Waals surface area contributed by atoms with Gasteiger partial charge >= 0.3 is 0 Å². The maximum atomic E-state index is 7.42. The first-order chi connectivity index (χ1) is 7.91. The second kappa shape index (κ2) is 6.02. The zero-order chi connectivity index (χ0) is 13.0. The Hall–Kier alpha value is -1.07. The minimum Gasteiger partial charge on any atom is -0.384 e. The molecule has 1 rings (SSSR count). The Morgan fingerprint density at radius 2 is 1.94 bits per heavy atom. The summed E-state index contributed by atoms with van der Waals surface area (Å²) in [5.41, 5.74) is 7.32. The molecule has 0 fully saturated rings. The van der Waals surface area contributed by atoms with Gasteiger partial charge in [0.15, 0.2) is 0 Å². The molecule has 0 atom stereocenters. The highest BCUT2D eigenvalue weighted by atomic mass is 79.9. The third kappa shape index (κ3) is 4.02. The fourth-order valence-electron chi connectivity index (χ4n) is 1.44. The SMILES string of the molecule is CN(C)CCN(C)c1ccc(C(=N)N)c(Br)c1. The number of nitrogen functional groups attached to an aromatic ring is 1. The third-order valence-corrected chi connectivity index (χ3v) is 3.22. The summed E-state index contributed by atoms with van der Waals surface area (Å²) in [4.78, 5) is 4.32. The fraction of sp³-hybridized carbons (Fsp3) is 0.417. The second-order valence-corrected chi connectivity index (χ2v) is 5.16. The molecule has 3 N–H and O–H groups in total. The molecule has 17 heavy (non-hydrogen) atoms. The highest BCUT2D eigenvalue weighted by molar-refractivity contribution is 9.10. The molecule has 0 heterocycles. The molecular weight excluding hydrogens is 280 g/mol. The quantitative estimate of drug-likeness (QED) is 0.643. The minimum absolute atomic E-state index is 0.0827. The summed E-state index contributed by atoms with van der Waals surface area (Å²) in [5.74, 6) is 0.0827. The lowest BCUT2D eigenvalue weighted by Crippen LogP contribution is -2.28. The van der Waals surface area contributed by atoms with E-state index in [1.807, 2.05) is 18.2 Å². The second-order valence-electron chi connectivity index (χ2n) is 4.30. The number of anilines is 1. The summed E-state index contributed by atoms with van der Waals surface area (Å²) < 4.78 is 0.860. The van der Waals surface area contributed by atoms with Gasteiger partial charge in [-0.1, -0.05) is 0 Å². The van der Waals surface area contributed by atoms with E-state index in [1.54, 1.807) is 0 Å². The molecule has 0 aliphatic rings. The number of rotatable bonds is 5. The maximum absolute atomic E-state index is 7.42. The highest BCUT2D eigenvalue weighted by Gasteiger charge is 2.07. The predicted molar refractivity (Wildman–Crippen MR) is 77.0 cm³/mol. The monoisotopic (exact) mass is 298 g/mol. The molecule has 94 valence electrons. The van der Waals surface area contributed by atoms with Crippen LogP contribution in [-0.4, -0.2) is 45.0 Å². The smallest absolute Gasteiger partial charge is 0.123 e. The van der Waals surface area contributed by atoms with Gasteiger partial charge in [0, 0.05) is 35.9 Å². The Bertz CT molecular complexity index is 403. The van der Waals surface area contributed by atoms with E-state index in [0.717, 1.165) is 28.8 Å². The lowest BCUT2D eigenvalue weighted by molar-refractivity contribution is 0.416. The average Bonchev–Trinajstić information content (AvgIpc) is 2.25. The topological polar surface area (TPSA) is 56.4 Å². The number of nitrogens with one attached hydrogen (secondary N) is 1. The number of hydrogen-bond acceptors (Lipinski definition) is 3. The lowest BCUT2D eigenvalue weighted by atomic mass is 10.2. The van der Waals surface area contributed by atoms with E-state index in [1.165, 1.54) is 0 Å². The zero-order valence-electron chi connectivity index (χ0n) is 10.5. The Balaban J connectivity index is 2.79. The molecule has 0 aliphatic carbocycles. The van der Waals surface area contributed by atoms with Crippen LogP contribution in [0.15, 0.2) is 22.7 Å². The van der Waals surface area contributed by atoms with Crippen LogP contribution in [0, 0.1) is 5.41 Å². The summed E-state index contributed by atoms with van der Waals surface area (Å²) in [7, 11) is 6.17. The summed E-state index contributed by atoms with van der Waals surface area (Å²) in [6.45, 7) is 1.96. The van der Waals surface area contributed by atoms with Crippen molar-refractivity contribution in [1.82, 2.24) is 4.90 Å². The zero-order valence-corrected chi connectivity index (χ0v) is 12.1. The Morgan fingerprint density at radius 1 is 1.29 bits per heavy atom. The van der Waals surface area contributed by atoms with Crippen LogP contribution in [0.3, 0.4) is 0 Å². The van der Waals surface area contributed by atoms with Gasteiger partial charge < -0.3 is 15.5 Å². The van der Waals surface area contributed by atoms with Gasteiger partial charge in [0.25, 0.3) is 0 Å². The van der Waals surface area contributed by atoms with E-state index < -0.39 is 0 Å². The number of benzene rings is 1. The van der Waals surface area contributed by atoms with Crippen LogP contribution < -0.4 is 10.6 Å². The number of halogens is 1. The van der Waals surface area contributed by atoms with Crippen LogP contribution in [0.25, 0.3) is 0 Å². The van der Waals surface area contributed by atoms with Crippen molar-refractivity contribution in [1.29, 1.82) is 5.41 Å². The Morgan fingerprint density at radius 3 is 2.41 bits per heavy atom. The fourth-order valence-corrected chi connectivity index (χ4v) is 2.02. The van der Waals surface area contributed by atoms with Crippen LogP contribution in [0.2, 0.25) is 0 Å². The number of likely N-dealkylation sites (N-methyl/N-ethyl adjacent to an activating group) is 2. The van der Waals surface area contributed by atoms with E-state index in [-0.39, 0.29) is 5.84 Å². The number of nitrogens with two attached hydrogens (primary N) is 1. The van der Waals surface area contributed by atoms with E-state index in [9.17, 15) is 0 Å². The standard InChI is InChI=1S/C12H19BrN4/c1-16(2)6-7-17(3)9-4-5-10(12(14)15)11(13)8-9/h4-5,8H,6-7H2,1-3H3,(H3,14,15). The van der Waals surface area contributed by atoms with E-state index in [0.29, 0.717) is 0 Å². The first-order valence-electron chi connectivity index (χ1n) is 5.41. The van der Waals surface area contributed by atoms with Crippen molar-refractivity contribution in [2.24, 2.45) is 5.73 Å². The molecule has 0 saturated heterocycles. The maximum Gasteiger partial charge on any atom is 0.123 e. The number of amidine groups is 1. The van der Waals surface area contributed by atoms with E-state index >= 15 is 0 Å². The largest absolute Gasteiger partial charge is 0.384 e. The summed E-state index contributed by atoms with van der Waals surface area (Å²) in [5, 5.41) is 7.42. The Kier molecular flexibility index (Phi) is 4.96. The van der Waals surface area contributed by atoms with Gasteiger partial charge in [0.1, 0.15) is 5.84 Å². The Labute approximate surface area is 111 Å². The van der Waals surface area contributed by atoms with Gasteiger partial charge in [-0.2, -0.15) is 0 Å². The molecule has 0 saturated carbocycles. The van der Waals surface area contributed by atoms with Crippen molar-refractivity contribution >= 4 is 27.5 Å². The van der Waals surface area contributed by atoms with E-state index in [2.05, 4.69) is 46.9 Å². The average molecular weight is 299 g/mol. The molecule has 0 bridgehead atoms. The predicted octanol–water partition coefficient (Wildman–Crippen LogP) is 1.73. The molecule has 0 unspecified atom stereocenters.